The summed E-state index contributed by atoms with van der Waals surface area (Å²) >= 11 is 4.00. The van der Waals surface area contributed by atoms with Crippen LogP contribution in [0.4, 0.5) is 11.4 Å². The highest BCUT2D eigenvalue weighted by molar-refractivity contribution is 9.09. The van der Waals surface area contributed by atoms with Gasteiger partial charge in [0, 0.05) is 46.5 Å². The fourth-order valence-electron chi connectivity index (χ4n) is 4.65. The highest BCUT2D eigenvalue weighted by Crippen LogP contribution is 2.59. The van der Waals surface area contributed by atoms with E-state index in [9.17, 15) is 0 Å². The summed E-state index contributed by atoms with van der Waals surface area (Å²) in [5.41, 5.74) is 5.61. The van der Waals surface area contributed by atoms with Crippen LogP contribution in [-0.4, -0.2) is 17.4 Å². The second-order valence-corrected chi connectivity index (χ2v) is 7.44. The van der Waals surface area contributed by atoms with Gasteiger partial charge < -0.3 is 10.6 Å². The van der Waals surface area contributed by atoms with Crippen molar-refractivity contribution in [3.05, 3.63) is 59.7 Å². The minimum absolute atomic E-state index is 0.510. The summed E-state index contributed by atoms with van der Waals surface area (Å²) in [7, 11) is 0. The molecule has 5 atom stereocenters. The monoisotopic (exact) mass is 340 g/mol. The molecule has 0 saturated heterocycles. The van der Waals surface area contributed by atoms with E-state index in [1.807, 2.05) is 0 Å². The summed E-state index contributed by atoms with van der Waals surface area (Å²) in [5.74, 6) is 1.82. The maximum Gasteiger partial charge on any atom is 0.0443 e. The lowest BCUT2D eigenvalue weighted by Crippen LogP contribution is -2.38. The molecule has 0 spiro atoms. The molecule has 1 aliphatic carbocycles. The maximum atomic E-state index is 4.00. The first kappa shape index (κ1) is 12.1. The summed E-state index contributed by atoms with van der Waals surface area (Å²) in [4.78, 5) is 0.510. The molecule has 2 aliphatic heterocycles. The number of anilines is 2. The van der Waals surface area contributed by atoms with Crippen molar-refractivity contribution in [1.82, 2.24) is 0 Å². The molecule has 2 aromatic rings. The number of nitrogens with one attached hydrogen (secondary N) is 2. The molecule has 2 N–H and O–H groups in total. The quantitative estimate of drug-likeness (QED) is 0.703. The molecule has 21 heavy (non-hydrogen) atoms. The SMILES string of the molecule is Br[C@H]1[C@@H]2Nc3ccccc3[C@H]1[C@@H]1c3ccccc3NC[C@H]21. The van der Waals surface area contributed by atoms with E-state index in [0.29, 0.717) is 28.6 Å². The van der Waals surface area contributed by atoms with Gasteiger partial charge in [-0.25, -0.2) is 0 Å². The van der Waals surface area contributed by atoms with Gasteiger partial charge in [0.05, 0.1) is 0 Å². The van der Waals surface area contributed by atoms with E-state index in [-0.39, 0.29) is 0 Å². The van der Waals surface area contributed by atoms with Gasteiger partial charge in [-0.2, -0.15) is 0 Å². The normalized spacial score (nSPS) is 35.0. The van der Waals surface area contributed by atoms with Crippen molar-refractivity contribution in [2.45, 2.75) is 22.7 Å². The Balaban J connectivity index is 1.72. The zero-order valence-corrected chi connectivity index (χ0v) is 13.2. The number of fused-ring (bicyclic) bond motifs is 9. The number of halogens is 1. The highest BCUT2D eigenvalue weighted by Gasteiger charge is 2.55. The Kier molecular flexibility index (Phi) is 2.46. The largest absolute Gasteiger partial charge is 0.384 e. The van der Waals surface area contributed by atoms with E-state index in [4.69, 9.17) is 0 Å². The number of hydrogen-bond donors (Lipinski definition) is 2. The van der Waals surface area contributed by atoms with E-state index in [1.165, 1.54) is 22.5 Å². The van der Waals surface area contributed by atoms with Crippen molar-refractivity contribution >= 4 is 27.3 Å². The molecule has 3 aliphatic rings. The average Bonchev–Trinajstić information content (AvgIpc) is 2.72. The molecule has 0 radical (unpaired) electrons. The number of hydrogen-bond acceptors (Lipinski definition) is 2. The molecule has 1 saturated carbocycles. The van der Waals surface area contributed by atoms with Crippen LogP contribution in [0.3, 0.4) is 0 Å². The van der Waals surface area contributed by atoms with Crippen molar-refractivity contribution in [3.63, 3.8) is 0 Å². The highest BCUT2D eigenvalue weighted by atomic mass is 79.9. The van der Waals surface area contributed by atoms with Crippen LogP contribution >= 0.6 is 15.9 Å². The summed E-state index contributed by atoms with van der Waals surface area (Å²) in [5, 5.41) is 7.41. The molecule has 2 nitrogen and oxygen atoms in total. The van der Waals surface area contributed by atoms with Gasteiger partial charge in [0.1, 0.15) is 0 Å². The maximum absolute atomic E-state index is 4.00. The standard InChI is InChI=1S/C18H17BrN2/c19-17-16-11-6-2-4-8-14(11)21-18(17)12-9-20-13-7-3-1-5-10(13)15(12)16/h1-8,12,15-18,20-21H,9H2/t12-,15+,16-,17+,18+/m0/s1. The summed E-state index contributed by atoms with van der Waals surface area (Å²) in [6.45, 7) is 1.06. The van der Waals surface area contributed by atoms with Crippen LogP contribution in [0.25, 0.3) is 0 Å². The topological polar surface area (TPSA) is 24.1 Å². The molecule has 3 heteroatoms. The number of rotatable bonds is 0. The predicted molar refractivity (Wildman–Crippen MR) is 90.5 cm³/mol. The summed E-state index contributed by atoms with van der Waals surface area (Å²) in [6.07, 6.45) is 0. The minimum Gasteiger partial charge on any atom is -0.384 e. The van der Waals surface area contributed by atoms with Crippen LogP contribution in [0.5, 0.6) is 0 Å². The van der Waals surface area contributed by atoms with Gasteiger partial charge in [0.2, 0.25) is 0 Å². The smallest absolute Gasteiger partial charge is 0.0443 e. The van der Waals surface area contributed by atoms with E-state index in [1.54, 1.807) is 0 Å². The lowest BCUT2D eigenvalue weighted by molar-refractivity contribution is 0.459. The van der Waals surface area contributed by atoms with E-state index < -0.39 is 0 Å². The lowest BCUT2D eigenvalue weighted by atomic mass is 9.77. The molecule has 0 aromatic heterocycles. The average molecular weight is 341 g/mol. The Labute approximate surface area is 133 Å². The molecule has 2 bridgehead atoms. The third kappa shape index (κ3) is 1.53. The molecule has 5 rings (SSSR count). The third-order valence-corrected chi connectivity index (χ3v) is 6.62. The summed E-state index contributed by atoms with van der Waals surface area (Å²) in [6, 6.07) is 18.2. The molecule has 0 unspecified atom stereocenters. The minimum atomic E-state index is 0.510. The van der Waals surface area contributed by atoms with E-state index >= 15 is 0 Å². The Bertz CT molecular complexity index is 714. The number of alkyl halides is 1. The van der Waals surface area contributed by atoms with Crippen LogP contribution in [0.1, 0.15) is 23.0 Å². The third-order valence-electron chi connectivity index (χ3n) is 5.49. The fourth-order valence-corrected chi connectivity index (χ4v) is 5.79. The molecule has 2 aromatic carbocycles. The van der Waals surface area contributed by atoms with Crippen LogP contribution < -0.4 is 10.6 Å². The molecule has 0 amide bonds. The number of para-hydroxylation sites is 2. The first-order valence-corrected chi connectivity index (χ1v) is 8.58. The summed E-state index contributed by atoms with van der Waals surface area (Å²) < 4.78 is 0. The Morgan fingerprint density at radius 3 is 2.33 bits per heavy atom. The Morgan fingerprint density at radius 2 is 1.52 bits per heavy atom. The van der Waals surface area contributed by atoms with Crippen molar-refractivity contribution < 1.29 is 0 Å². The number of benzene rings is 2. The fraction of sp³-hybridized carbons (Fsp3) is 0.333. The lowest BCUT2D eigenvalue weighted by Gasteiger charge is -2.32. The second kappa shape index (κ2) is 4.26. The molecule has 106 valence electrons. The molecule has 1 fully saturated rings. The zero-order valence-electron chi connectivity index (χ0n) is 11.6. The van der Waals surface area contributed by atoms with E-state index in [0.717, 1.165) is 6.54 Å². The van der Waals surface area contributed by atoms with Gasteiger partial charge in [-0.1, -0.05) is 52.3 Å². The van der Waals surface area contributed by atoms with Crippen molar-refractivity contribution in [1.29, 1.82) is 0 Å². The van der Waals surface area contributed by atoms with Gasteiger partial charge in [0.25, 0.3) is 0 Å². The van der Waals surface area contributed by atoms with Crippen molar-refractivity contribution in [3.8, 4) is 0 Å². The first-order chi connectivity index (χ1) is 10.3. The van der Waals surface area contributed by atoms with E-state index in [2.05, 4.69) is 75.1 Å². The van der Waals surface area contributed by atoms with Gasteiger partial charge in [0.15, 0.2) is 0 Å². The van der Waals surface area contributed by atoms with Crippen LogP contribution in [0.15, 0.2) is 48.5 Å². The molecular formula is C18H17BrN2. The van der Waals surface area contributed by atoms with Gasteiger partial charge in [-0.15, -0.1) is 0 Å². The van der Waals surface area contributed by atoms with Crippen molar-refractivity contribution in [2.75, 3.05) is 17.2 Å². The zero-order chi connectivity index (χ0) is 14.0. The Morgan fingerprint density at radius 1 is 0.857 bits per heavy atom. The van der Waals surface area contributed by atoms with Crippen LogP contribution in [0, 0.1) is 5.92 Å². The first-order valence-electron chi connectivity index (χ1n) is 7.67. The van der Waals surface area contributed by atoms with Crippen molar-refractivity contribution in [2.24, 2.45) is 5.92 Å². The van der Waals surface area contributed by atoms with Gasteiger partial charge in [-0.05, 0) is 23.3 Å². The Hall–Kier alpha value is -1.48. The second-order valence-electron chi connectivity index (χ2n) is 6.39. The van der Waals surface area contributed by atoms with Crippen LogP contribution in [0.2, 0.25) is 0 Å². The predicted octanol–water partition coefficient (Wildman–Crippen LogP) is 4.17. The molecule has 2 heterocycles. The van der Waals surface area contributed by atoms with Gasteiger partial charge >= 0.3 is 0 Å². The van der Waals surface area contributed by atoms with Gasteiger partial charge in [-0.3, -0.25) is 0 Å². The molecular weight excluding hydrogens is 324 g/mol. The van der Waals surface area contributed by atoms with Crippen LogP contribution in [-0.2, 0) is 0 Å².